The Bertz CT molecular complexity index is 759. The SMILES string of the molecule is COC(=O)c1sc2ncccc2c1NC(=O)CN1CCC[C@H](C)C1. The molecule has 3 rings (SSSR count). The first-order chi connectivity index (χ1) is 11.6. The average molecular weight is 347 g/mol. The summed E-state index contributed by atoms with van der Waals surface area (Å²) in [6, 6.07) is 3.64. The number of thiophene rings is 1. The van der Waals surface area contributed by atoms with Crippen LogP contribution in [0.25, 0.3) is 10.2 Å². The van der Waals surface area contributed by atoms with Gasteiger partial charge in [-0.1, -0.05) is 6.92 Å². The van der Waals surface area contributed by atoms with E-state index >= 15 is 0 Å². The molecule has 6 nitrogen and oxygen atoms in total. The third kappa shape index (κ3) is 3.57. The number of amides is 1. The van der Waals surface area contributed by atoms with Crippen molar-refractivity contribution in [1.29, 1.82) is 0 Å². The molecule has 1 amide bonds. The van der Waals surface area contributed by atoms with Gasteiger partial charge >= 0.3 is 5.97 Å². The van der Waals surface area contributed by atoms with Crippen molar-refractivity contribution in [3.8, 4) is 0 Å². The Hall–Kier alpha value is -1.99. The Morgan fingerprint density at radius 2 is 2.33 bits per heavy atom. The zero-order valence-corrected chi connectivity index (χ0v) is 14.7. The molecule has 3 heterocycles. The van der Waals surface area contributed by atoms with E-state index in [1.165, 1.54) is 24.9 Å². The molecule has 0 aromatic carbocycles. The molecule has 2 aromatic rings. The van der Waals surface area contributed by atoms with Gasteiger partial charge in [-0.05, 0) is 37.4 Å². The highest BCUT2D eigenvalue weighted by Gasteiger charge is 2.23. The summed E-state index contributed by atoms with van der Waals surface area (Å²) in [5, 5.41) is 3.67. The topological polar surface area (TPSA) is 71.5 Å². The van der Waals surface area contributed by atoms with Crippen molar-refractivity contribution in [2.75, 3.05) is 32.1 Å². The second-order valence-electron chi connectivity index (χ2n) is 6.18. The number of hydrogen-bond donors (Lipinski definition) is 1. The number of hydrogen-bond acceptors (Lipinski definition) is 6. The minimum Gasteiger partial charge on any atom is -0.465 e. The molecular weight excluding hydrogens is 326 g/mol. The minimum absolute atomic E-state index is 0.113. The maximum atomic E-state index is 12.5. The lowest BCUT2D eigenvalue weighted by Crippen LogP contribution is -2.39. The summed E-state index contributed by atoms with van der Waals surface area (Å²) in [5.74, 6) is 0.0426. The molecule has 1 fully saturated rings. The Morgan fingerprint density at radius 1 is 1.50 bits per heavy atom. The molecule has 7 heteroatoms. The molecule has 1 saturated heterocycles. The van der Waals surface area contributed by atoms with Gasteiger partial charge in [0.05, 0.1) is 19.3 Å². The third-order valence-electron chi connectivity index (χ3n) is 4.21. The lowest BCUT2D eigenvalue weighted by Gasteiger charge is -2.30. The average Bonchev–Trinajstić information content (AvgIpc) is 2.93. The summed E-state index contributed by atoms with van der Waals surface area (Å²) in [6.45, 7) is 4.41. The largest absolute Gasteiger partial charge is 0.465 e. The Kier molecular flexibility index (Phi) is 5.11. The van der Waals surface area contributed by atoms with Gasteiger partial charge < -0.3 is 10.1 Å². The van der Waals surface area contributed by atoms with Gasteiger partial charge in [0.25, 0.3) is 0 Å². The number of methoxy groups -OCH3 is 1. The van der Waals surface area contributed by atoms with Gasteiger partial charge in [0, 0.05) is 18.1 Å². The van der Waals surface area contributed by atoms with Crippen LogP contribution in [0, 0.1) is 5.92 Å². The monoisotopic (exact) mass is 347 g/mol. The molecule has 0 spiro atoms. The lowest BCUT2D eigenvalue weighted by molar-refractivity contribution is -0.117. The first-order valence-corrected chi connectivity index (χ1v) is 8.88. The summed E-state index contributed by atoms with van der Waals surface area (Å²) >= 11 is 1.23. The maximum absolute atomic E-state index is 12.5. The maximum Gasteiger partial charge on any atom is 0.350 e. The number of nitrogens with one attached hydrogen (secondary N) is 1. The van der Waals surface area contributed by atoms with E-state index in [2.05, 4.69) is 22.1 Å². The van der Waals surface area contributed by atoms with E-state index in [0.717, 1.165) is 24.9 Å². The number of nitrogens with zero attached hydrogens (tertiary/aromatic N) is 2. The number of pyridine rings is 1. The van der Waals surface area contributed by atoms with Crippen LogP contribution in [0.4, 0.5) is 5.69 Å². The fourth-order valence-electron chi connectivity index (χ4n) is 3.11. The molecule has 0 radical (unpaired) electrons. The molecule has 0 unspecified atom stereocenters. The molecule has 1 N–H and O–H groups in total. The highest BCUT2D eigenvalue weighted by Crippen LogP contribution is 2.35. The van der Waals surface area contributed by atoms with E-state index in [0.29, 0.717) is 27.9 Å². The number of anilines is 1. The van der Waals surface area contributed by atoms with Gasteiger partial charge in [0.1, 0.15) is 9.71 Å². The first-order valence-electron chi connectivity index (χ1n) is 8.06. The number of rotatable bonds is 4. The van der Waals surface area contributed by atoms with Crippen LogP contribution in [0.15, 0.2) is 18.3 Å². The Labute approximate surface area is 144 Å². The Balaban J connectivity index is 1.80. The van der Waals surface area contributed by atoms with E-state index in [-0.39, 0.29) is 5.91 Å². The molecule has 1 aliphatic rings. The quantitative estimate of drug-likeness (QED) is 0.861. The molecule has 1 atom stereocenters. The Morgan fingerprint density at radius 3 is 3.08 bits per heavy atom. The van der Waals surface area contributed by atoms with Crippen LogP contribution in [0.5, 0.6) is 0 Å². The van der Waals surface area contributed by atoms with Gasteiger partial charge in [0.15, 0.2) is 0 Å². The van der Waals surface area contributed by atoms with E-state index in [4.69, 9.17) is 4.74 Å². The van der Waals surface area contributed by atoms with Crippen molar-refractivity contribution in [2.45, 2.75) is 19.8 Å². The van der Waals surface area contributed by atoms with Crippen molar-refractivity contribution < 1.29 is 14.3 Å². The fraction of sp³-hybridized carbons (Fsp3) is 0.471. The van der Waals surface area contributed by atoms with Crippen molar-refractivity contribution >= 4 is 39.1 Å². The molecular formula is C17H21N3O3S. The molecule has 128 valence electrons. The van der Waals surface area contributed by atoms with Crippen LogP contribution >= 0.6 is 11.3 Å². The predicted octanol–water partition coefficient (Wildman–Crippen LogP) is 2.75. The summed E-state index contributed by atoms with van der Waals surface area (Å²) in [6.07, 6.45) is 4.00. The molecule has 2 aromatic heterocycles. The van der Waals surface area contributed by atoms with E-state index in [1.54, 1.807) is 12.3 Å². The van der Waals surface area contributed by atoms with Crippen LogP contribution in [0.1, 0.15) is 29.4 Å². The molecule has 0 bridgehead atoms. The standard InChI is InChI=1S/C17H21N3O3S/c1-11-5-4-8-20(9-11)10-13(21)19-14-12-6-3-7-18-16(12)24-15(14)17(22)23-2/h3,6-7,11H,4-5,8-10H2,1-2H3,(H,19,21)/t11-/m0/s1. The second-order valence-corrected chi connectivity index (χ2v) is 7.18. The number of fused-ring (bicyclic) bond motifs is 1. The zero-order chi connectivity index (χ0) is 17.1. The molecule has 1 aliphatic heterocycles. The number of ether oxygens (including phenoxy) is 1. The van der Waals surface area contributed by atoms with Crippen molar-refractivity contribution in [3.63, 3.8) is 0 Å². The lowest BCUT2D eigenvalue weighted by atomic mass is 10.0. The number of carbonyl (C=O) groups is 2. The summed E-state index contributed by atoms with van der Waals surface area (Å²) < 4.78 is 4.83. The van der Waals surface area contributed by atoms with Gasteiger partial charge in [-0.2, -0.15) is 0 Å². The zero-order valence-electron chi connectivity index (χ0n) is 13.9. The van der Waals surface area contributed by atoms with Crippen LogP contribution < -0.4 is 5.32 Å². The molecule has 24 heavy (non-hydrogen) atoms. The number of carbonyl (C=O) groups excluding carboxylic acids is 2. The van der Waals surface area contributed by atoms with Gasteiger partial charge in [0.2, 0.25) is 5.91 Å². The second kappa shape index (κ2) is 7.27. The number of likely N-dealkylation sites (tertiary alicyclic amines) is 1. The fourth-order valence-corrected chi connectivity index (χ4v) is 4.12. The third-order valence-corrected chi connectivity index (χ3v) is 5.30. The van der Waals surface area contributed by atoms with E-state index < -0.39 is 5.97 Å². The van der Waals surface area contributed by atoms with Gasteiger partial charge in [-0.25, -0.2) is 9.78 Å². The minimum atomic E-state index is -0.458. The first kappa shape index (κ1) is 16.9. The van der Waals surface area contributed by atoms with Crippen LogP contribution in [0.3, 0.4) is 0 Å². The van der Waals surface area contributed by atoms with E-state index in [9.17, 15) is 9.59 Å². The van der Waals surface area contributed by atoms with Crippen molar-refractivity contribution in [3.05, 3.63) is 23.2 Å². The number of piperidine rings is 1. The predicted molar refractivity (Wildman–Crippen MR) is 94.4 cm³/mol. The highest BCUT2D eigenvalue weighted by molar-refractivity contribution is 7.21. The number of esters is 1. The van der Waals surface area contributed by atoms with Gasteiger partial charge in [-0.15, -0.1) is 11.3 Å². The van der Waals surface area contributed by atoms with Crippen molar-refractivity contribution in [2.24, 2.45) is 5.92 Å². The molecule has 0 saturated carbocycles. The van der Waals surface area contributed by atoms with E-state index in [1.807, 2.05) is 6.07 Å². The summed E-state index contributed by atoms with van der Waals surface area (Å²) in [5.41, 5.74) is 0.505. The molecule has 0 aliphatic carbocycles. The normalized spacial score (nSPS) is 18.5. The summed E-state index contributed by atoms with van der Waals surface area (Å²) in [7, 11) is 1.33. The number of aromatic nitrogens is 1. The van der Waals surface area contributed by atoms with Crippen molar-refractivity contribution in [1.82, 2.24) is 9.88 Å². The van der Waals surface area contributed by atoms with Crippen LogP contribution in [-0.4, -0.2) is 48.5 Å². The summed E-state index contributed by atoms with van der Waals surface area (Å²) in [4.78, 5) is 32.0. The smallest absolute Gasteiger partial charge is 0.350 e. The van der Waals surface area contributed by atoms with Gasteiger partial charge in [-0.3, -0.25) is 9.69 Å². The highest BCUT2D eigenvalue weighted by atomic mass is 32.1. The van der Waals surface area contributed by atoms with Crippen LogP contribution in [-0.2, 0) is 9.53 Å². The van der Waals surface area contributed by atoms with Crippen LogP contribution in [0.2, 0.25) is 0 Å².